The SMILES string of the molecule is CC(C)C(NC(=O)c1ccc(Cl)cc1)C(=O)N1CCCCCCC1. The van der Waals surface area contributed by atoms with E-state index in [0.717, 1.165) is 25.9 Å². The lowest BCUT2D eigenvalue weighted by molar-refractivity contribution is -0.134. The number of benzene rings is 1. The van der Waals surface area contributed by atoms with Crippen molar-refractivity contribution in [3.63, 3.8) is 0 Å². The summed E-state index contributed by atoms with van der Waals surface area (Å²) in [6, 6.07) is 6.22. The number of amides is 2. The van der Waals surface area contributed by atoms with Crippen LogP contribution in [0.2, 0.25) is 5.02 Å². The van der Waals surface area contributed by atoms with Crippen molar-refractivity contribution in [1.29, 1.82) is 0 Å². The Morgan fingerprint density at radius 1 is 1.00 bits per heavy atom. The summed E-state index contributed by atoms with van der Waals surface area (Å²) in [5, 5.41) is 3.50. The standard InChI is InChI=1S/C19H27ClN2O2/c1-14(2)17(19(24)22-12-6-4-3-5-7-13-22)21-18(23)15-8-10-16(20)11-9-15/h8-11,14,17H,3-7,12-13H2,1-2H3,(H,21,23). The first-order valence-electron chi connectivity index (χ1n) is 8.84. The number of likely N-dealkylation sites (tertiary alicyclic amines) is 1. The first-order valence-corrected chi connectivity index (χ1v) is 9.22. The fraction of sp³-hybridized carbons (Fsp3) is 0.579. The second kappa shape index (κ2) is 9.07. The molecule has 0 bridgehead atoms. The Morgan fingerprint density at radius 2 is 1.54 bits per heavy atom. The summed E-state index contributed by atoms with van der Waals surface area (Å²) in [6.07, 6.45) is 5.69. The summed E-state index contributed by atoms with van der Waals surface area (Å²) in [4.78, 5) is 27.3. The summed E-state index contributed by atoms with van der Waals surface area (Å²) < 4.78 is 0. The molecule has 1 unspecified atom stereocenters. The maximum Gasteiger partial charge on any atom is 0.251 e. The molecule has 0 aromatic heterocycles. The van der Waals surface area contributed by atoms with Gasteiger partial charge in [0.05, 0.1) is 0 Å². The molecule has 5 heteroatoms. The monoisotopic (exact) mass is 350 g/mol. The molecule has 2 rings (SSSR count). The number of hydrogen-bond donors (Lipinski definition) is 1. The molecule has 0 spiro atoms. The molecule has 1 heterocycles. The van der Waals surface area contributed by atoms with Crippen molar-refractivity contribution in [1.82, 2.24) is 10.2 Å². The third kappa shape index (κ3) is 5.23. The highest BCUT2D eigenvalue weighted by Gasteiger charge is 2.28. The molecule has 1 atom stereocenters. The van der Waals surface area contributed by atoms with Crippen LogP contribution in [0.25, 0.3) is 0 Å². The van der Waals surface area contributed by atoms with E-state index < -0.39 is 6.04 Å². The Kier molecular flexibility index (Phi) is 7.10. The second-order valence-corrected chi connectivity index (χ2v) is 7.23. The average Bonchev–Trinajstić information content (AvgIpc) is 2.52. The van der Waals surface area contributed by atoms with Gasteiger partial charge in [0.25, 0.3) is 5.91 Å². The number of halogens is 1. The predicted octanol–water partition coefficient (Wildman–Crippen LogP) is 3.89. The highest BCUT2D eigenvalue weighted by molar-refractivity contribution is 6.30. The lowest BCUT2D eigenvalue weighted by atomic mass is 10.0. The van der Waals surface area contributed by atoms with Crippen LogP contribution in [0, 0.1) is 5.92 Å². The first kappa shape index (κ1) is 18.8. The van der Waals surface area contributed by atoms with E-state index in [4.69, 9.17) is 11.6 Å². The Hall–Kier alpha value is -1.55. The maximum absolute atomic E-state index is 12.9. The van der Waals surface area contributed by atoms with Crippen molar-refractivity contribution < 1.29 is 9.59 Å². The van der Waals surface area contributed by atoms with Crippen molar-refractivity contribution in [2.75, 3.05) is 13.1 Å². The molecule has 0 aliphatic carbocycles. The highest BCUT2D eigenvalue weighted by atomic mass is 35.5. The van der Waals surface area contributed by atoms with E-state index >= 15 is 0 Å². The van der Waals surface area contributed by atoms with Crippen molar-refractivity contribution >= 4 is 23.4 Å². The molecule has 1 aliphatic rings. The van der Waals surface area contributed by atoms with Crippen LogP contribution in [-0.4, -0.2) is 35.8 Å². The van der Waals surface area contributed by atoms with E-state index in [1.165, 1.54) is 19.3 Å². The fourth-order valence-electron chi connectivity index (χ4n) is 3.00. The minimum atomic E-state index is -0.493. The van der Waals surface area contributed by atoms with Gasteiger partial charge in [-0.3, -0.25) is 9.59 Å². The molecule has 0 saturated carbocycles. The van der Waals surface area contributed by atoms with Gasteiger partial charge in [-0.25, -0.2) is 0 Å². The number of hydrogen-bond acceptors (Lipinski definition) is 2. The van der Waals surface area contributed by atoms with Crippen molar-refractivity contribution in [3.8, 4) is 0 Å². The van der Waals surface area contributed by atoms with E-state index in [-0.39, 0.29) is 17.7 Å². The predicted molar refractivity (Wildman–Crippen MR) is 97.2 cm³/mol. The Balaban J connectivity index is 2.05. The quantitative estimate of drug-likeness (QED) is 0.895. The molecule has 132 valence electrons. The van der Waals surface area contributed by atoms with Gasteiger partial charge in [0, 0.05) is 23.7 Å². The highest BCUT2D eigenvalue weighted by Crippen LogP contribution is 2.15. The number of nitrogens with one attached hydrogen (secondary N) is 1. The molecule has 0 radical (unpaired) electrons. The third-order valence-corrected chi connectivity index (χ3v) is 4.75. The van der Waals surface area contributed by atoms with Crippen LogP contribution < -0.4 is 5.32 Å². The zero-order valence-electron chi connectivity index (χ0n) is 14.6. The lowest BCUT2D eigenvalue weighted by Gasteiger charge is -2.31. The molecule has 1 saturated heterocycles. The Morgan fingerprint density at radius 3 is 2.08 bits per heavy atom. The van der Waals surface area contributed by atoms with E-state index in [0.29, 0.717) is 10.6 Å². The zero-order chi connectivity index (χ0) is 17.5. The van der Waals surface area contributed by atoms with Gasteiger partial charge in [-0.2, -0.15) is 0 Å². The fourth-order valence-corrected chi connectivity index (χ4v) is 3.13. The summed E-state index contributed by atoms with van der Waals surface area (Å²) >= 11 is 5.86. The number of carbonyl (C=O) groups is 2. The zero-order valence-corrected chi connectivity index (χ0v) is 15.3. The van der Waals surface area contributed by atoms with Gasteiger partial charge in [-0.05, 0) is 43.0 Å². The van der Waals surface area contributed by atoms with Crippen LogP contribution in [0.5, 0.6) is 0 Å². The van der Waals surface area contributed by atoms with Gasteiger partial charge < -0.3 is 10.2 Å². The van der Waals surface area contributed by atoms with Gasteiger partial charge in [0.2, 0.25) is 5.91 Å². The smallest absolute Gasteiger partial charge is 0.251 e. The normalized spacial score (nSPS) is 17.1. The molecule has 2 amide bonds. The molecule has 1 aromatic carbocycles. The lowest BCUT2D eigenvalue weighted by Crippen LogP contribution is -2.51. The van der Waals surface area contributed by atoms with Crippen LogP contribution in [0.15, 0.2) is 24.3 Å². The second-order valence-electron chi connectivity index (χ2n) is 6.80. The number of carbonyl (C=O) groups excluding carboxylic acids is 2. The molecule has 4 nitrogen and oxygen atoms in total. The minimum absolute atomic E-state index is 0.0363. The van der Waals surface area contributed by atoms with Crippen LogP contribution in [-0.2, 0) is 4.79 Å². The Bertz CT molecular complexity index is 549. The molecule has 1 fully saturated rings. The van der Waals surface area contributed by atoms with Crippen molar-refractivity contribution in [2.45, 2.75) is 52.0 Å². The molecule has 1 N–H and O–H groups in total. The van der Waals surface area contributed by atoms with Crippen LogP contribution in [0.1, 0.15) is 56.3 Å². The van der Waals surface area contributed by atoms with Crippen LogP contribution >= 0.6 is 11.6 Å². The van der Waals surface area contributed by atoms with Gasteiger partial charge in [-0.1, -0.05) is 44.7 Å². The molecule has 24 heavy (non-hydrogen) atoms. The van der Waals surface area contributed by atoms with Crippen molar-refractivity contribution in [3.05, 3.63) is 34.9 Å². The molecule has 1 aliphatic heterocycles. The van der Waals surface area contributed by atoms with E-state index in [9.17, 15) is 9.59 Å². The van der Waals surface area contributed by atoms with E-state index in [1.807, 2.05) is 18.7 Å². The largest absolute Gasteiger partial charge is 0.341 e. The topological polar surface area (TPSA) is 49.4 Å². The van der Waals surface area contributed by atoms with E-state index in [2.05, 4.69) is 5.32 Å². The summed E-state index contributed by atoms with van der Waals surface area (Å²) in [7, 11) is 0. The molecular weight excluding hydrogens is 324 g/mol. The molecule has 1 aromatic rings. The van der Waals surface area contributed by atoms with Gasteiger partial charge in [-0.15, -0.1) is 0 Å². The van der Waals surface area contributed by atoms with Crippen LogP contribution in [0.4, 0.5) is 0 Å². The maximum atomic E-state index is 12.9. The summed E-state index contributed by atoms with van der Waals surface area (Å²) in [5.74, 6) is -0.154. The first-order chi connectivity index (χ1) is 11.5. The van der Waals surface area contributed by atoms with Gasteiger partial charge in [0.15, 0.2) is 0 Å². The van der Waals surface area contributed by atoms with Gasteiger partial charge >= 0.3 is 0 Å². The van der Waals surface area contributed by atoms with E-state index in [1.54, 1.807) is 24.3 Å². The van der Waals surface area contributed by atoms with Crippen LogP contribution in [0.3, 0.4) is 0 Å². The summed E-state index contributed by atoms with van der Waals surface area (Å²) in [5.41, 5.74) is 0.519. The average molecular weight is 351 g/mol. The Labute approximate surface area is 149 Å². The summed E-state index contributed by atoms with van der Waals surface area (Å²) in [6.45, 7) is 5.52. The minimum Gasteiger partial charge on any atom is -0.341 e. The van der Waals surface area contributed by atoms with Crippen molar-refractivity contribution in [2.24, 2.45) is 5.92 Å². The molecular formula is C19H27ClN2O2. The number of rotatable bonds is 4. The number of nitrogens with zero attached hydrogens (tertiary/aromatic N) is 1. The van der Waals surface area contributed by atoms with Gasteiger partial charge in [0.1, 0.15) is 6.04 Å². The third-order valence-electron chi connectivity index (χ3n) is 4.49.